The number of nitrogens with zero attached hydrogens (tertiary/aromatic N) is 5. The summed E-state index contributed by atoms with van der Waals surface area (Å²) < 4.78 is 1.65. The van der Waals surface area contributed by atoms with Gasteiger partial charge in [-0.05, 0) is 23.6 Å². The van der Waals surface area contributed by atoms with Crippen molar-refractivity contribution in [2.45, 2.75) is 17.5 Å². The van der Waals surface area contributed by atoms with E-state index in [0.717, 1.165) is 16.2 Å². The number of benzene rings is 1. The smallest absolute Gasteiger partial charge is 0.263 e. The number of allylic oxidation sites excluding steroid dienone is 1. The summed E-state index contributed by atoms with van der Waals surface area (Å²) in [6.45, 7) is 4.17. The van der Waals surface area contributed by atoms with Crippen molar-refractivity contribution < 1.29 is 0 Å². The molecule has 0 unspecified atom stereocenters. The lowest BCUT2D eigenvalue weighted by Crippen LogP contribution is -2.22. The van der Waals surface area contributed by atoms with Gasteiger partial charge in [-0.2, -0.15) is 15.0 Å². The fraction of sp³-hybridized carbons (Fsp3) is 0.111. The summed E-state index contributed by atoms with van der Waals surface area (Å²) in [6, 6.07) is 11.6. The van der Waals surface area contributed by atoms with Crippen molar-refractivity contribution in [2.24, 2.45) is 0 Å². The molecule has 0 amide bonds. The molecule has 3 aromatic heterocycles. The monoisotopic (exact) mass is 381 g/mol. The molecule has 4 rings (SSSR count). The van der Waals surface area contributed by atoms with Crippen LogP contribution in [-0.2, 0) is 12.3 Å². The molecule has 0 saturated heterocycles. The third kappa shape index (κ3) is 3.21. The highest BCUT2D eigenvalue weighted by Gasteiger charge is 2.13. The van der Waals surface area contributed by atoms with Gasteiger partial charge in [-0.1, -0.05) is 36.0 Å². The molecule has 0 bridgehead atoms. The first-order chi connectivity index (χ1) is 12.8. The molecule has 0 aliphatic carbocycles. The molecule has 0 N–H and O–H groups in total. The van der Waals surface area contributed by atoms with Crippen molar-refractivity contribution in [1.29, 1.82) is 0 Å². The number of fused-ring (bicyclic) bond motifs is 1. The van der Waals surface area contributed by atoms with Gasteiger partial charge in [-0.25, -0.2) is 4.98 Å². The Morgan fingerprint density at radius 1 is 1.23 bits per heavy atom. The molecule has 0 spiro atoms. The molecule has 26 heavy (non-hydrogen) atoms. The molecule has 0 atom stereocenters. The number of hydrogen-bond acceptors (Lipinski definition) is 6. The zero-order valence-electron chi connectivity index (χ0n) is 13.8. The second kappa shape index (κ2) is 7.27. The molecular weight excluding hydrogens is 366 g/mol. The predicted molar refractivity (Wildman–Crippen MR) is 105 cm³/mol. The first-order valence-corrected chi connectivity index (χ1v) is 9.81. The summed E-state index contributed by atoms with van der Waals surface area (Å²) in [5, 5.41) is 12.0. The minimum atomic E-state index is -0.0356. The highest BCUT2D eigenvalue weighted by Crippen LogP contribution is 2.23. The quantitative estimate of drug-likeness (QED) is 0.290. The van der Waals surface area contributed by atoms with Gasteiger partial charge in [0.05, 0.1) is 23.0 Å². The maximum absolute atomic E-state index is 12.6. The van der Waals surface area contributed by atoms with Crippen molar-refractivity contribution in [3.05, 3.63) is 76.7 Å². The first kappa shape index (κ1) is 16.7. The van der Waals surface area contributed by atoms with E-state index in [0.29, 0.717) is 22.8 Å². The molecule has 6 nitrogen and oxygen atoms in total. The second-order valence-electron chi connectivity index (χ2n) is 5.49. The van der Waals surface area contributed by atoms with Gasteiger partial charge in [0.15, 0.2) is 5.16 Å². The van der Waals surface area contributed by atoms with Gasteiger partial charge in [0.2, 0.25) is 0 Å². The van der Waals surface area contributed by atoms with Crippen LogP contribution < -0.4 is 5.56 Å². The van der Waals surface area contributed by atoms with Crippen molar-refractivity contribution in [2.75, 3.05) is 0 Å². The minimum Gasteiger partial charge on any atom is -0.283 e. The van der Waals surface area contributed by atoms with E-state index in [1.807, 2.05) is 41.8 Å². The number of thiophene rings is 1. The van der Waals surface area contributed by atoms with Crippen LogP contribution in [-0.4, -0.2) is 24.5 Å². The molecule has 0 aliphatic heterocycles. The van der Waals surface area contributed by atoms with Gasteiger partial charge in [0, 0.05) is 12.3 Å². The van der Waals surface area contributed by atoms with E-state index in [2.05, 4.69) is 21.8 Å². The number of thioether (sulfide) groups is 1. The Bertz CT molecular complexity index is 1110. The normalized spacial score (nSPS) is 11.1. The van der Waals surface area contributed by atoms with Crippen molar-refractivity contribution in [3.63, 3.8) is 0 Å². The standard InChI is InChI=1S/C18H15N5OS2/c1-2-9-22-17(24)15-8-10-25-16(15)20-18(22)26-12-13-11-19-23(21-13)14-6-4-3-5-7-14/h2-8,10-11H,1,9,12H2. The van der Waals surface area contributed by atoms with Crippen LogP contribution in [0.25, 0.3) is 15.9 Å². The zero-order chi connectivity index (χ0) is 17.9. The zero-order valence-corrected chi connectivity index (χ0v) is 15.4. The summed E-state index contributed by atoms with van der Waals surface area (Å²) in [7, 11) is 0. The summed E-state index contributed by atoms with van der Waals surface area (Å²) in [5.74, 6) is 0.577. The van der Waals surface area contributed by atoms with E-state index in [9.17, 15) is 4.79 Å². The van der Waals surface area contributed by atoms with Gasteiger partial charge in [0.1, 0.15) is 4.83 Å². The number of rotatable bonds is 6. The van der Waals surface area contributed by atoms with Gasteiger partial charge in [-0.15, -0.1) is 17.9 Å². The van der Waals surface area contributed by atoms with Crippen LogP contribution in [0.15, 0.2) is 70.6 Å². The number of para-hydroxylation sites is 1. The molecule has 130 valence electrons. The molecule has 3 heterocycles. The fourth-order valence-electron chi connectivity index (χ4n) is 2.52. The van der Waals surface area contributed by atoms with Crippen LogP contribution in [0.4, 0.5) is 0 Å². The van der Waals surface area contributed by atoms with Crippen molar-refractivity contribution in [3.8, 4) is 5.69 Å². The number of aromatic nitrogens is 5. The molecule has 4 aromatic rings. The molecule has 0 fully saturated rings. The lowest BCUT2D eigenvalue weighted by atomic mass is 10.3. The largest absolute Gasteiger partial charge is 0.283 e. The van der Waals surface area contributed by atoms with Crippen LogP contribution in [0, 0.1) is 0 Å². The maximum Gasteiger partial charge on any atom is 0.263 e. The van der Waals surface area contributed by atoms with Crippen LogP contribution in [0.5, 0.6) is 0 Å². The van der Waals surface area contributed by atoms with Gasteiger partial charge >= 0.3 is 0 Å². The summed E-state index contributed by atoms with van der Waals surface area (Å²) in [5.41, 5.74) is 1.70. The van der Waals surface area contributed by atoms with Gasteiger partial charge in [-0.3, -0.25) is 9.36 Å². The minimum absolute atomic E-state index is 0.0356. The van der Waals surface area contributed by atoms with E-state index < -0.39 is 0 Å². The summed E-state index contributed by atoms with van der Waals surface area (Å²) >= 11 is 2.95. The molecular formula is C18H15N5OS2. The molecule has 1 aromatic carbocycles. The average molecular weight is 381 g/mol. The lowest BCUT2D eigenvalue weighted by molar-refractivity contribution is 0.672. The fourth-order valence-corrected chi connectivity index (χ4v) is 4.21. The third-order valence-electron chi connectivity index (χ3n) is 3.74. The maximum atomic E-state index is 12.6. The highest BCUT2D eigenvalue weighted by atomic mass is 32.2. The topological polar surface area (TPSA) is 65.6 Å². The lowest BCUT2D eigenvalue weighted by Gasteiger charge is -2.09. The highest BCUT2D eigenvalue weighted by molar-refractivity contribution is 7.98. The Hall–Kier alpha value is -2.71. The average Bonchev–Trinajstić information content (AvgIpc) is 3.33. The Morgan fingerprint density at radius 2 is 2.08 bits per heavy atom. The SMILES string of the molecule is C=CCn1c(SCc2cnn(-c3ccccc3)n2)nc2sccc2c1=O. The van der Waals surface area contributed by atoms with Crippen LogP contribution >= 0.6 is 23.1 Å². The molecule has 0 aliphatic rings. The first-order valence-electron chi connectivity index (χ1n) is 7.94. The third-order valence-corrected chi connectivity index (χ3v) is 5.55. The van der Waals surface area contributed by atoms with E-state index in [-0.39, 0.29) is 5.56 Å². The Kier molecular flexibility index (Phi) is 4.68. The molecule has 0 saturated carbocycles. The van der Waals surface area contributed by atoms with E-state index in [1.54, 1.807) is 21.6 Å². The van der Waals surface area contributed by atoms with Crippen molar-refractivity contribution in [1.82, 2.24) is 24.5 Å². The molecule has 0 radical (unpaired) electrons. The predicted octanol–water partition coefficient (Wildman–Crippen LogP) is 3.52. The Labute approximate surface area is 157 Å². The van der Waals surface area contributed by atoms with Crippen LogP contribution in [0.3, 0.4) is 0 Å². The van der Waals surface area contributed by atoms with Crippen LogP contribution in [0.1, 0.15) is 5.69 Å². The second-order valence-corrected chi connectivity index (χ2v) is 7.32. The summed E-state index contributed by atoms with van der Waals surface area (Å²) in [4.78, 5) is 19.6. The van der Waals surface area contributed by atoms with Gasteiger partial charge < -0.3 is 0 Å². The summed E-state index contributed by atoms with van der Waals surface area (Å²) in [6.07, 6.45) is 3.44. The van der Waals surface area contributed by atoms with E-state index >= 15 is 0 Å². The Balaban J connectivity index is 1.60. The van der Waals surface area contributed by atoms with Gasteiger partial charge in [0.25, 0.3) is 5.56 Å². The van der Waals surface area contributed by atoms with E-state index in [1.165, 1.54) is 23.1 Å². The van der Waals surface area contributed by atoms with E-state index in [4.69, 9.17) is 0 Å². The number of hydrogen-bond donors (Lipinski definition) is 0. The van der Waals surface area contributed by atoms with Crippen molar-refractivity contribution >= 4 is 33.3 Å². The Morgan fingerprint density at radius 3 is 2.88 bits per heavy atom. The molecule has 8 heteroatoms. The van der Waals surface area contributed by atoms with Crippen LogP contribution in [0.2, 0.25) is 0 Å².